The average Bonchev–Trinajstić information content (AvgIpc) is 2.82. The van der Waals surface area contributed by atoms with Gasteiger partial charge in [-0.15, -0.1) is 11.8 Å². The number of imide groups is 1. The highest BCUT2D eigenvalue weighted by atomic mass is 32.2. The Kier molecular flexibility index (Phi) is 7.88. The van der Waals surface area contributed by atoms with Gasteiger partial charge in [-0.2, -0.15) is 0 Å². The van der Waals surface area contributed by atoms with Crippen LogP contribution in [0.25, 0.3) is 5.57 Å². The van der Waals surface area contributed by atoms with E-state index in [2.05, 4.69) is 6.92 Å². The zero-order chi connectivity index (χ0) is 19.1. The summed E-state index contributed by atoms with van der Waals surface area (Å²) in [6.07, 6.45) is 6.62. The van der Waals surface area contributed by atoms with Gasteiger partial charge >= 0.3 is 0 Å². The van der Waals surface area contributed by atoms with Crippen molar-refractivity contribution in [3.05, 3.63) is 40.6 Å². The molecular formula is C21H28FNO2S. The summed E-state index contributed by atoms with van der Waals surface area (Å²) in [4.78, 5) is 27.6. The molecule has 0 aliphatic carbocycles. The molecule has 26 heavy (non-hydrogen) atoms. The van der Waals surface area contributed by atoms with Gasteiger partial charge in [-0.25, -0.2) is 4.39 Å². The second kappa shape index (κ2) is 9.91. The van der Waals surface area contributed by atoms with E-state index in [-0.39, 0.29) is 22.9 Å². The van der Waals surface area contributed by atoms with Gasteiger partial charge in [0, 0.05) is 11.8 Å². The van der Waals surface area contributed by atoms with Crippen molar-refractivity contribution in [2.24, 2.45) is 0 Å². The van der Waals surface area contributed by atoms with Crippen LogP contribution in [0.2, 0.25) is 0 Å². The van der Waals surface area contributed by atoms with Gasteiger partial charge in [0.05, 0.1) is 10.5 Å². The first-order chi connectivity index (χ1) is 12.5. The highest BCUT2D eigenvalue weighted by Gasteiger charge is 2.39. The number of hydrogen-bond donors (Lipinski definition) is 0. The van der Waals surface area contributed by atoms with Crippen molar-refractivity contribution in [2.45, 2.75) is 64.5 Å². The first kappa shape index (κ1) is 20.7. The van der Waals surface area contributed by atoms with Gasteiger partial charge < -0.3 is 0 Å². The van der Waals surface area contributed by atoms with Crippen molar-refractivity contribution < 1.29 is 14.0 Å². The lowest BCUT2D eigenvalue weighted by molar-refractivity contribution is -0.136. The number of carbonyl (C=O) groups excluding carboxylic acids is 2. The highest BCUT2D eigenvalue weighted by Crippen LogP contribution is 2.38. The number of nitrogens with zero attached hydrogens (tertiary/aromatic N) is 1. The summed E-state index contributed by atoms with van der Waals surface area (Å²) < 4.78 is 13.2. The fourth-order valence-corrected chi connectivity index (χ4v) is 4.03. The van der Waals surface area contributed by atoms with E-state index in [4.69, 9.17) is 0 Å². The lowest BCUT2D eigenvalue weighted by atomic mass is 10.1. The fraction of sp³-hybridized carbons (Fsp3) is 0.524. The summed E-state index contributed by atoms with van der Waals surface area (Å²) in [5, 5.41) is 0.186. The maximum absolute atomic E-state index is 13.2. The topological polar surface area (TPSA) is 37.4 Å². The summed E-state index contributed by atoms with van der Waals surface area (Å²) >= 11 is 1.41. The van der Waals surface area contributed by atoms with E-state index in [0.29, 0.717) is 22.6 Å². The molecule has 2 rings (SSSR count). The predicted octanol–water partition coefficient (Wildman–Crippen LogP) is 5.41. The maximum Gasteiger partial charge on any atom is 0.267 e. The minimum Gasteiger partial charge on any atom is -0.274 e. The van der Waals surface area contributed by atoms with Crippen LogP contribution >= 0.6 is 11.8 Å². The second-order valence-electron chi connectivity index (χ2n) is 6.91. The molecule has 0 saturated heterocycles. The molecule has 5 heteroatoms. The van der Waals surface area contributed by atoms with Crippen LogP contribution < -0.4 is 0 Å². The van der Waals surface area contributed by atoms with Crippen molar-refractivity contribution in [3.8, 4) is 0 Å². The molecule has 1 heterocycles. The minimum absolute atomic E-state index is 0.186. The minimum atomic E-state index is -0.354. The van der Waals surface area contributed by atoms with E-state index in [9.17, 15) is 14.0 Å². The molecule has 1 aliphatic heterocycles. The number of carbonyl (C=O) groups is 2. The summed E-state index contributed by atoms with van der Waals surface area (Å²) in [5.74, 6) is -0.812. The van der Waals surface area contributed by atoms with Crippen LogP contribution in [0, 0.1) is 5.82 Å². The van der Waals surface area contributed by atoms with Crippen molar-refractivity contribution in [1.82, 2.24) is 4.90 Å². The molecule has 0 unspecified atom stereocenters. The fourth-order valence-electron chi connectivity index (χ4n) is 3.02. The maximum atomic E-state index is 13.2. The predicted molar refractivity (Wildman–Crippen MR) is 106 cm³/mol. The Bertz CT molecular complexity index is 667. The van der Waals surface area contributed by atoms with Crippen LogP contribution in [0.4, 0.5) is 4.39 Å². The number of rotatable bonds is 10. The monoisotopic (exact) mass is 377 g/mol. The van der Waals surface area contributed by atoms with Gasteiger partial charge in [0.15, 0.2) is 0 Å². The third-order valence-electron chi connectivity index (χ3n) is 4.35. The molecule has 3 nitrogen and oxygen atoms in total. The molecule has 1 aromatic carbocycles. The standard InChI is InChI=1S/C21H28FNO2S/c1-4-5-6-7-8-9-14-23-20(24)18(16-10-12-17(22)13-11-16)19(21(23)25)26-15(2)3/h10-13,15H,4-9,14H2,1-3H3. The molecular weight excluding hydrogens is 349 g/mol. The molecule has 0 N–H and O–H groups in total. The van der Waals surface area contributed by atoms with Crippen molar-refractivity contribution in [1.29, 1.82) is 0 Å². The summed E-state index contributed by atoms with van der Waals surface area (Å²) in [6, 6.07) is 5.80. The van der Waals surface area contributed by atoms with E-state index < -0.39 is 0 Å². The van der Waals surface area contributed by atoms with Gasteiger partial charge in [-0.3, -0.25) is 14.5 Å². The molecule has 0 saturated carbocycles. The van der Waals surface area contributed by atoms with E-state index in [0.717, 1.165) is 19.3 Å². The Morgan fingerprint density at radius 1 is 0.962 bits per heavy atom. The third kappa shape index (κ3) is 5.19. The SMILES string of the molecule is CCCCCCCCN1C(=O)C(SC(C)C)=C(c2ccc(F)cc2)C1=O. The number of hydrogen-bond acceptors (Lipinski definition) is 3. The van der Waals surface area contributed by atoms with Crippen LogP contribution in [0.3, 0.4) is 0 Å². The number of benzene rings is 1. The number of amides is 2. The van der Waals surface area contributed by atoms with Crippen LogP contribution in [0.5, 0.6) is 0 Å². The first-order valence-electron chi connectivity index (χ1n) is 9.48. The van der Waals surface area contributed by atoms with Crippen molar-refractivity contribution in [2.75, 3.05) is 6.54 Å². The normalized spacial score (nSPS) is 14.9. The molecule has 1 aliphatic rings. The molecule has 0 aromatic heterocycles. The summed E-state index contributed by atoms with van der Waals surface area (Å²) in [6.45, 7) is 6.62. The molecule has 0 fully saturated rings. The summed E-state index contributed by atoms with van der Waals surface area (Å²) in [5.41, 5.74) is 1.03. The molecule has 0 spiro atoms. The van der Waals surface area contributed by atoms with Gasteiger partial charge in [-0.1, -0.05) is 65.0 Å². The van der Waals surface area contributed by atoms with Gasteiger partial charge in [0.1, 0.15) is 5.82 Å². The molecule has 0 radical (unpaired) electrons. The largest absolute Gasteiger partial charge is 0.274 e. The zero-order valence-electron chi connectivity index (χ0n) is 15.9. The molecule has 1 aromatic rings. The second-order valence-corrected chi connectivity index (χ2v) is 8.49. The lowest BCUT2D eigenvalue weighted by Gasteiger charge is -2.15. The molecule has 0 atom stereocenters. The van der Waals surface area contributed by atoms with Gasteiger partial charge in [0.25, 0.3) is 11.8 Å². The van der Waals surface area contributed by atoms with E-state index in [1.165, 1.54) is 48.1 Å². The Labute approximate surface area is 160 Å². The first-order valence-corrected chi connectivity index (χ1v) is 10.4. The lowest BCUT2D eigenvalue weighted by Crippen LogP contribution is -2.32. The Morgan fingerprint density at radius 3 is 2.19 bits per heavy atom. The average molecular weight is 378 g/mol. The Morgan fingerprint density at radius 2 is 1.58 bits per heavy atom. The van der Waals surface area contributed by atoms with Crippen LogP contribution in [0.1, 0.15) is 64.9 Å². The Balaban J connectivity index is 2.12. The van der Waals surface area contributed by atoms with E-state index in [1.54, 1.807) is 12.1 Å². The van der Waals surface area contributed by atoms with E-state index >= 15 is 0 Å². The quantitative estimate of drug-likeness (QED) is 0.404. The van der Waals surface area contributed by atoms with Crippen molar-refractivity contribution >= 4 is 29.1 Å². The third-order valence-corrected chi connectivity index (χ3v) is 5.43. The number of unbranched alkanes of at least 4 members (excludes halogenated alkanes) is 5. The zero-order valence-corrected chi connectivity index (χ0v) is 16.7. The molecule has 142 valence electrons. The highest BCUT2D eigenvalue weighted by molar-refractivity contribution is 8.04. The van der Waals surface area contributed by atoms with Gasteiger partial charge in [0.2, 0.25) is 0 Å². The van der Waals surface area contributed by atoms with Crippen LogP contribution in [-0.4, -0.2) is 28.5 Å². The number of thioether (sulfide) groups is 1. The van der Waals surface area contributed by atoms with Crippen LogP contribution in [-0.2, 0) is 9.59 Å². The van der Waals surface area contributed by atoms with Crippen LogP contribution in [0.15, 0.2) is 29.2 Å². The van der Waals surface area contributed by atoms with E-state index in [1.807, 2.05) is 13.8 Å². The molecule has 0 bridgehead atoms. The Hall–Kier alpha value is -1.62. The molecule has 2 amide bonds. The number of halogens is 1. The van der Waals surface area contributed by atoms with Gasteiger partial charge in [-0.05, 0) is 24.1 Å². The van der Waals surface area contributed by atoms with Crippen molar-refractivity contribution in [3.63, 3.8) is 0 Å². The summed E-state index contributed by atoms with van der Waals surface area (Å²) in [7, 11) is 0. The smallest absolute Gasteiger partial charge is 0.267 e.